The first-order valence-corrected chi connectivity index (χ1v) is 30.0. The van der Waals surface area contributed by atoms with Crippen LogP contribution in [0.3, 0.4) is 0 Å². The van der Waals surface area contributed by atoms with Crippen LogP contribution in [0.25, 0.3) is 0 Å². The summed E-state index contributed by atoms with van der Waals surface area (Å²) in [6, 6.07) is 1.25. The van der Waals surface area contributed by atoms with Gasteiger partial charge in [-0.3, -0.25) is 23.2 Å². The van der Waals surface area contributed by atoms with Gasteiger partial charge >= 0.3 is 33.3 Å². The van der Waals surface area contributed by atoms with Crippen molar-refractivity contribution in [1.29, 1.82) is 0 Å². The summed E-state index contributed by atoms with van der Waals surface area (Å²) >= 11 is 0. The highest BCUT2D eigenvalue weighted by Crippen LogP contribution is 2.60. The minimum atomic E-state index is -5.44. The number of carbonyl (C=O) groups is 2. The van der Waals surface area contributed by atoms with E-state index in [2.05, 4.69) is 54.4 Å². The van der Waals surface area contributed by atoms with Crippen LogP contribution in [0.15, 0.2) is 53.5 Å². The van der Waals surface area contributed by atoms with E-state index in [0.717, 1.165) is 68.0 Å². The van der Waals surface area contributed by atoms with E-state index < -0.39 is 83.7 Å². The zero-order valence-corrected chi connectivity index (χ0v) is 45.6. The Morgan fingerprint density at radius 1 is 0.726 bits per heavy atom. The summed E-state index contributed by atoms with van der Waals surface area (Å²) < 4.78 is 62.6. The van der Waals surface area contributed by atoms with Crippen LogP contribution in [0.2, 0.25) is 0 Å². The van der Waals surface area contributed by atoms with Crippen molar-refractivity contribution in [3.63, 3.8) is 0 Å². The van der Waals surface area contributed by atoms with Crippen molar-refractivity contribution < 1.29 is 71.0 Å². The van der Waals surface area contributed by atoms with E-state index in [1.54, 1.807) is 0 Å². The molecule has 73 heavy (non-hydrogen) atoms. The Labute approximate surface area is 433 Å². The monoisotopic (exact) mass is 1070 g/mol. The topological polar surface area (TPSA) is 278 Å². The second-order valence-electron chi connectivity index (χ2n) is 19.6. The second kappa shape index (κ2) is 36.8. The summed E-state index contributed by atoms with van der Waals surface area (Å²) in [4.78, 5) is 62.0. The van der Waals surface area contributed by atoms with Gasteiger partial charge in [0.2, 0.25) is 0 Å². The summed E-state index contributed by atoms with van der Waals surface area (Å²) in [5, 5.41) is 20.9. The molecule has 0 aromatic carbocycles. The number of carbonyl (C=O) groups excluding carboxylic acids is 2. The number of anilines is 1. The smallest absolute Gasteiger partial charge is 0.462 e. The minimum Gasteiger partial charge on any atom is -0.462 e. The molecule has 9 atom stereocenters. The highest BCUT2D eigenvalue weighted by molar-refractivity contribution is 7.61. The first-order valence-electron chi connectivity index (χ1n) is 27.0. The number of aliphatic hydroxyl groups excluding tert-OH is 2. The second-order valence-corrected chi connectivity index (χ2v) is 22.6. The zero-order valence-electron chi connectivity index (χ0n) is 43.8. The van der Waals surface area contributed by atoms with Crippen LogP contribution in [-0.2, 0) is 51.0 Å². The fourth-order valence-electron chi connectivity index (χ4n) is 8.29. The average Bonchev–Trinajstić information content (AvgIpc) is 4.03. The van der Waals surface area contributed by atoms with E-state index in [9.17, 15) is 43.5 Å². The van der Waals surface area contributed by atoms with Gasteiger partial charge in [0.05, 0.1) is 25.4 Å². The lowest BCUT2D eigenvalue weighted by Gasteiger charge is -2.21. The van der Waals surface area contributed by atoms with Crippen LogP contribution >= 0.6 is 15.6 Å². The molecule has 0 saturated carbocycles. The van der Waals surface area contributed by atoms with Gasteiger partial charge in [-0.2, -0.15) is 9.29 Å². The average molecular weight is 1070 g/mol. The molecule has 2 fully saturated rings. The van der Waals surface area contributed by atoms with E-state index in [1.807, 2.05) is 12.2 Å². The van der Waals surface area contributed by atoms with Crippen molar-refractivity contribution in [3.05, 3.63) is 59.2 Å². The van der Waals surface area contributed by atoms with Gasteiger partial charge in [0.15, 0.2) is 12.3 Å². The molecule has 0 amide bonds. The normalized spacial score (nSPS) is 22.1. The number of aromatic nitrogens is 2. The maximum Gasteiger partial charge on any atom is 0.481 e. The van der Waals surface area contributed by atoms with Crippen LogP contribution in [-0.4, -0.2) is 97.9 Å². The number of hydrogen-bond acceptors (Lipinski definition) is 16. The molecule has 2 aliphatic heterocycles. The highest BCUT2D eigenvalue weighted by atomic mass is 31.3. The molecule has 3 rings (SSSR count). The third kappa shape index (κ3) is 29.7. The number of epoxide rings is 1. The number of ether oxygens (including phenoxy) is 4. The Balaban J connectivity index is 1.39. The summed E-state index contributed by atoms with van der Waals surface area (Å²) in [5.41, 5.74) is 4.59. The van der Waals surface area contributed by atoms with Crippen molar-refractivity contribution in [2.24, 2.45) is 5.92 Å². The quantitative estimate of drug-likeness (QED) is 0.0134. The number of allylic oxidation sites excluding steroid dienone is 5. The number of unbranched alkanes of at least 4 members (excludes halogenated alkanes) is 16. The van der Waals surface area contributed by atoms with E-state index in [1.165, 1.54) is 89.5 Å². The lowest BCUT2D eigenvalue weighted by atomic mass is 10.0. The van der Waals surface area contributed by atoms with Crippen LogP contribution in [0.4, 0.5) is 5.82 Å². The maximum absolute atomic E-state index is 12.9. The summed E-state index contributed by atoms with van der Waals surface area (Å²) in [7, 11) is -10.9. The lowest BCUT2D eigenvalue weighted by Crippen LogP contribution is -2.36. The van der Waals surface area contributed by atoms with Crippen LogP contribution in [0, 0.1) is 5.92 Å². The molecular weight excluding hydrogens is 985 g/mol. The molecule has 6 N–H and O–H groups in total. The molecule has 1 aromatic heterocycles. The molecule has 2 saturated heterocycles. The van der Waals surface area contributed by atoms with E-state index in [4.69, 9.17) is 33.7 Å². The molecule has 21 heteroatoms. The Morgan fingerprint density at radius 2 is 1.32 bits per heavy atom. The van der Waals surface area contributed by atoms with Crippen molar-refractivity contribution in [2.45, 2.75) is 231 Å². The van der Waals surface area contributed by atoms with Crippen LogP contribution < -0.4 is 11.4 Å². The van der Waals surface area contributed by atoms with Gasteiger partial charge in [0.25, 0.3) is 0 Å². The number of aliphatic hydroxyl groups is 2. The van der Waals surface area contributed by atoms with Gasteiger partial charge in [0.1, 0.15) is 30.7 Å². The molecule has 0 bridgehead atoms. The van der Waals surface area contributed by atoms with E-state index in [0.29, 0.717) is 31.5 Å². The molecule has 0 spiro atoms. The first-order chi connectivity index (χ1) is 35.0. The number of nitrogen functional groups attached to an aromatic ring is 1. The SMILES string of the molecule is CCCCCC1OC1C/C=C\C/C=C\C/C=C\CCCC(=O)O[C@H](COC(=O)CCCCCCCCCCCCCCCCC(C)C)COP(=O)(O)OP(=O)(O)OC[C@H]1O[C@@H](n2ccc(N)nc2=O)[C@H](O)[C@@H]1O. The molecule has 418 valence electrons. The highest BCUT2D eigenvalue weighted by Gasteiger charge is 2.46. The fraction of sp³-hybridized carbons (Fsp3) is 0.769. The van der Waals surface area contributed by atoms with Crippen LogP contribution in [0.1, 0.15) is 194 Å². The van der Waals surface area contributed by atoms with Crippen LogP contribution in [0.5, 0.6) is 0 Å². The van der Waals surface area contributed by atoms with E-state index >= 15 is 0 Å². The van der Waals surface area contributed by atoms with Crippen molar-refractivity contribution >= 4 is 33.4 Å². The molecule has 1 aromatic rings. The van der Waals surface area contributed by atoms with Gasteiger partial charge < -0.3 is 44.7 Å². The van der Waals surface area contributed by atoms with Crippen molar-refractivity contribution in [3.8, 4) is 0 Å². The Kier molecular flexibility index (Phi) is 32.4. The molecular formula is C52H89N3O16P2. The Morgan fingerprint density at radius 3 is 1.95 bits per heavy atom. The molecule has 4 unspecified atom stereocenters. The van der Waals surface area contributed by atoms with Crippen molar-refractivity contribution in [1.82, 2.24) is 9.55 Å². The molecule has 3 heterocycles. The Hall–Kier alpha value is -3.06. The summed E-state index contributed by atoms with van der Waals surface area (Å²) in [5.74, 6) is -0.568. The largest absolute Gasteiger partial charge is 0.481 e. The summed E-state index contributed by atoms with van der Waals surface area (Å²) in [6.07, 6.45) is 32.6. The van der Waals surface area contributed by atoms with Gasteiger partial charge in [-0.15, -0.1) is 0 Å². The predicted octanol–water partition coefficient (Wildman–Crippen LogP) is 10.4. The first kappa shape index (κ1) is 64.2. The van der Waals surface area contributed by atoms with Crippen molar-refractivity contribution in [2.75, 3.05) is 25.6 Å². The number of rotatable bonds is 43. The molecule has 19 nitrogen and oxygen atoms in total. The summed E-state index contributed by atoms with van der Waals surface area (Å²) in [6.45, 7) is 4.41. The third-order valence-electron chi connectivity index (χ3n) is 12.6. The molecule has 2 aliphatic rings. The number of phosphoric ester groups is 2. The number of hydrogen-bond donors (Lipinski definition) is 5. The minimum absolute atomic E-state index is 0.0284. The van der Waals surface area contributed by atoms with Gasteiger partial charge in [-0.05, 0) is 56.9 Å². The Bertz CT molecular complexity index is 1950. The third-order valence-corrected chi connectivity index (χ3v) is 15.2. The zero-order chi connectivity index (χ0) is 53.3. The number of nitrogens with zero attached hydrogens (tertiary/aromatic N) is 2. The maximum atomic E-state index is 12.9. The van der Waals surface area contributed by atoms with E-state index in [-0.39, 0.29) is 18.7 Å². The van der Waals surface area contributed by atoms with Gasteiger partial charge in [0, 0.05) is 19.0 Å². The number of phosphoric acid groups is 2. The lowest BCUT2D eigenvalue weighted by molar-refractivity contribution is -0.161. The predicted molar refractivity (Wildman–Crippen MR) is 279 cm³/mol. The number of esters is 2. The molecule has 0 aliphatic carbocycles. The standard InChI is InChI=1S/C52H89N3O16P2/c1-4-5-26-32-43-44(69-43)33-28-23-19-15-12-13-17-21-25-30-35-48(57)68-42(38-65-47(56)34-29-24-20-16-11-9-7-6-8-10-14-18-22-27-31-41(2)3)39-66-72(61,62)71-73(63,64)67-40-45-49(58)50(59)51(70-45)55-37-36-46(53)54-52(55)60/h12,15,17,21,23,28,36-37,41-45,49-51,58-59H,4-11,13-14,16,18-20,22,24-27,29-35,38-40H2,1-3H3,(H,61,62)(H,63,64)(H2,53,54,60)/b15-12-,21-17-,28-23-/t42-,43?,44?,45-,49-,50-,51-/m1/s1. The van der Waals surface area contributed by atoms with Gasteiger partial charge in [-0.25, -0.2) is 13.9 Å². The molecule has 0 radical (unpaired) electrons. The fourth-order valence-corrected chi connectivity index (χ4v) is 10.4. The number of nitrogens with two attached hydrogens (primary N) is 1. The van der Waals surface area contributed by atoms with Gasteiger partial charge in [-0.1, -0.05) is 166 Å².